The van der Waals surface area contributed by atoms with Crippen molar-refractivity contribution in [2.24, 2.45) is 0 Å². The van der Waals surface area contributed by atoms with Crippen molar-refractivity contribution in [3.05, 3.63) is 218 Å². The predicted molar refractivity (Wildman–Crippen MR) is 254 cm³/mol. The third-order valence-corrected chi connectivity index (χ3v) is 11.9. The van der Waals surface area contributed by atoms with Crippen LogP contribution in [-0.2, 0) is 0 Å². The van der Waals surface area contributed by atoms with Gasteiger partial charge in [-0.1, -0.05) is 176 Å². The van der Waals surface area contributed by atoms with Crippen molar-refractivity contribution in [1.82, 2.24) is 19.5 Å². The molecule has 9 aromatic carbocycles. The fraction of sp³-hybridized carbons (Fsp3) is 0. The Kier molecular flexibility index (Phi) is 8.42. The van der Waals surface area contributed by atoms with Gasteiger partial charge in [0.1, 0.15) is 11.2 Å². The van der Waals surface area contributed by atoms with E-state index < -0.39 is 0 Å². The zero-order valence-corrected chi connectivity index (χ0v) is 33.5. The lowest BCUT2D eigenvalue weighted by Crippen LogP contribution is -2.02. The molecule has 0 amide bonds. The molecule has 12 aromatic rings. The molecular weight excluding hydrogens is 757 g/mol. The van der Waals surface area contributed by atoms with Crippen LogP contribution in [0.5, 0.6) is 0 Å². The van der Waals surface area contributed by atoms with Crippen molar-refractivity contribution in [2.75, 3.05) is 0 Å². The molecule has 0 aliphatic heterocycles. The number of furan rings is 1. The summed E-state index contributed by atoms with van der Waals surface area (Å²) in [4.78, 5) is 15.3. The second kappa shape index (κ2) is 14.7. The van der Waals surface area contributed by atoms with E-state index in [-0.39, 0.29) is 0 Å². The zero-order valence-electron chi connectivity index (χ0n) is 33.5. The van der Waals surface area contributed by atoms with Gasteiger partial charge in [-0.25, -0.2) is 15.0 Å². The second-order valence-corrected chi connectivity index (χ2v) is 15.6. The van der Waals surface area contributed by atoms with E-state index in [9.17, 15) is 0 Å². The summed E-state index contributed by atoms with van der Waals surface area (Å²) in [7, 11) is 0. The minimum atomic E-state index is 0.605. The van der Waals surface area contributed by atoms with Crippen molar-refractivity contribution in [1.29, 1.82) is 0 Å². The SMILES string of the molecule is c1ccc(-c2cccc(-c3cc(-c4nc(-c5ccccc5)nc(-c5ccccc5)n4)ccc3-n3c4ccccc4c4ccc(-c5cccc6c5oc5ccccc56)cc43)c2)cc1. The zero-order chi connectivity index (χ0) is 41.0. The number of para-hydroxylation sites is 3. The van der Waals surface area contributed by atoms with Gasteiger partial charge in [0.25, 0.3) is 0 Å². The molecule has 5 heteroatoms. The van der Waals surface area contributed by atoms with Gasteiger partial charge in [-0.3, -0.25) is 0 Å². The topological polar surface area (TPSA) is 56.7 Å². The van der Waals surface area contributed by atoms with Crippen LogP contribution >= 0.6 is 0 Å². The highest BCUT2D eigenvalue weighted by Gasteiger charge is 2.21. The normalized spacial score (nSPS) is 11.5. The first-order valence-electron chi connectivity index (χ1n) is 20.8. The summed E-state index contributed by atoms with van der Waals surface area (Å²) >= 11 is 0. The number of rotatable bonds is 7. The lowest BCUT2D eigenvalue weighted by molar-refractivity contribution is 0.670. The van der Waals surface area contributed by atoms with Crippen LogP contribution in [0.3, 0.4) is 0 Å². The molecule has 62 heavy (non-hydrogen) atoms. The Bertz CT molecular complexity index is 3570. The summed E-state index contributed by atoms with van der Waals surface area (Å²) in [5.74, 6) is 1.86. The van der Waals surface area contributed by atoms with E-state index in [2.05, 4.69) is 150 Å². The second-order valence-electron chi connectivity index (χ2n) is 15.6. The Morgan fingerprint density at radius 2 is 0.839 bits per heavy atom. The van der Waals surface area contributed by atoms with Gasteiger partial charge in [-0.2, -0.15) is 0 Å². The fourth-order valence-corrected chi connectivity index (χ4v) is 8.91. The van der Waals surface area contributed by atoms with Gasteiger partial charge >= 0.3 is 0 Å². The molecule has 0 fully saturated rings. The molecule has 0 radical (unpaired) electrons. The monoisotopic (exact) mass is 792 g/mol. The summed E-state index contributed by atoms with van der Waals surface area (Å²) in [5, 5.41) is 4.58. The molecule has 0 bridgehead atoms. The van der Waals surface area contributed by atoms with Crippen LogP contribution in [-0.4, -0.2) is 19.5 Å². The van der Waals surface area contributed by atoms with Crippen molar-refractivity contribution in [3.8, 4) is 73.2 Å². The van der Waals surface area contributed by atoms with Crippen molar-refractivity contribution in [2.45, 2.75) is 0 Å². The van der Waals surface area contributed by atoms with Crippen molar-refractivity contribution in [3.63, 3.8) is 0 Å². The van der Waals surface area contributed by atoms with E-state index in [1.165, 1.54) is 10.8 Å². The van der Waals surface area contributed by atoms with Gasteiger partial charge in [0.2, 0.25) is 0 Å². The highest BCUT2D eigenvalue weighted by molar-refractivity contribution is 6.13. The summed E-state index contributed by atoms with van der Waals surface area (Å²) in [6.45, 7) is 0. The Balaban J connectivity index is 1.11. The Morgan fingerprint density at radius 3 is 1.58 bits per heavy atom. The minimum absolute atomic E-state index is 0.605. The average molecular weight is 793 g/mol. The average Bonchev–Trinajstić information content (AvgIpc) is 3.90. The molecule has 0 spiro atoms. The summed E-state index contributed by atoms with van der Waals surface area (Å²) in [6, 6.07) is 76.5. The number of fused-ring (bicyclic) bond motifs is 6. The Morgan fingerprint density at radius 1 is 0.306 bits per heavy atom. The number of hydrogen-bond acceptors (Lipinski definition) is 4. The third kappa shape index (κ3) is 6.06. The van der Waals surface area contributed by atoms with Crippen molar-refractivity contribution < 1.29 is 4.42 Å². The van der Waals surface area contributed by atoms with Crippen LogP contribution in [0.4, 0.5) is 0 Å². The van der Waals surface area contributed by atoms with Gasteiger partial charge < -0.3 is 8.98 Å². The molecule has 0 aliphatic carbocycles. The first-order chi connectivity index (χ1) is 30.7. The van der Waals surface area contributed by atoms with Crippen LogP contribution in [0.2, 0.25) is 0 Å². The molecule has 0 atom stereocenters. The number of hydrogen-bond donors (Lipinski definition) is 0. The molecule has 290 valence electrons. The molecule has 0 saturated heterocycles. The number of aromatic nitrogens is 4. The number of nitrogens with zero attached hydrogens (tertiary/aromatic N) is 4. The largest absolute Gasteiger partial charge is 0.455 e. The molecule has 5 nitrogen and oxygen atoms in total. The van der Waals surface area contributed by atoms with Crippen LogP contribution in [0.1, 0.15) is 0 Å². The van der Waals surface area contributed by atoms with Crippen LogP contribution in [0, 0.1) is 0 Å². The lowest BCUT2D eigenvalue weighted by atomic mass is 9.96. The first kappa shape index (κ1) is 35.5. The predicted octanol–water partition coefficient (Wildman–Crippen LogP) is 14.9. The fourth-order valence-electron chi connectivity index (χ4n) is 8.91. The maximum absolute atomic E-state index is 6.55. The molecule has 3 aromatic heterocycles. The highest BCUT2D eigenvalue weighted by atomic mass is 16.3. The van der Waals surface area contributed by atoms with Gasteiger partial charge in [-0.15, -0.1) is 0 Å². The summed E-state index contributed by atoms with van der Waals surface area (Å²) < 4.78 is 8.97. The van der Waals surface area contributed by atoms with E-state index in [0.29, 0.717) is 17.5 Å². The van der Waals surface area contributed by atoms with Gasteiger partial charge in [-0.05, 0) is 64.7 Å². The molecule has 0 unspecified atom stereocenters. The Hall–Kier alpha value is -8.41. The minimum Gasteiger partial charge on any atom is -0.455 e. The standard InChI is InChI=1S/C57H36N4O/c1-4-16-37(17-5-1)40-22-14-23-41(34-40)49-35-43(57-59-55(38-18-6-2-7-19-38)58-56(60-57)39-20-8-3-9-21-39)31-33-51(49)61-50-28-12-10-24-45(50)46-32-30-42(36-52(46)61)44-26-15-27-48-47-25-11-13-29-53(47)62-54(44)48/h1-36H. The maximum Gasteiger partial charge on any atom is 0.164 e. The van der Waals surface area contributed by atoms with E-state index in [1.54, 1.807) is 0 Å². The van der Waals surface area contributed by atoms with Crippen molar-refractivity contribution >= 4 is 43.7 Å². The van der Waals surface area contributed by atoms with Crippen LogP contribution in [0.25, 0.3) is 117 Å². The molecule has 0 aliphatic rings. The smallest absolute Gasteiger partial charge is 0.164 e. The maximum atomic E-state index is 6.55. The number of benzene rings is 9. The summed E-state index contributed by atoms with van der Waals surface area (Å²) in [5.41, 5.74) is 14.4. The van der Waals surface area contributed by atoms with Crippen LogP contribution in [0.15, 0.2) is 223 Å². The first-order valence-corrected chi connectivity index (χ1v) is 20.8. The van der Waals surface area contributed by atoms with E-state index >= 15 is 0 Å². The molecule has 0 saturated carbocycles. The Labute approximate surface area is 357 Å². The lowest BCUT2D eigenvalue weighted by Gasteiger charge is -2.17. The quantitative estimate of drug-likeness (QED) is 0.161. The third-order valence-electron chi connectivity index (χ3n) is 11.9. The van der Waals surface area contributed by atoms with Crippen LogP contribution < -0.4 is 0 Å². The summed E-state index contributed by atoms with van der Waals surface area (Å²) in [6.07, 6.45) is 0. The van der Waals surface area contributed by atoms with E-state index in [1.807, 2.05) is 72.8 Å². The highest BCUT2D eigenvalue weighted by Crippen LogP contribution is 2.42. The van der Waals surface area contributed by atoms with Gasteiger partial charge in [0.05, 0.1) is 16.7 Å². The van der Waals surface area contributed by atoms with E-state index in [0.717, 1.165) is 88.7 Å². The van der Waals surface area contributed by atoms with Gasteiger partial charge in [0, 0.05) is 49.4 Å². The molecular formula is C57H36N4O. The van der Waals surface area contributed by atoms with E-state index in [4.69, 9.17) is 19.4 Å². The molecule has 3 heterocycles. The van der Waals surface area contributed by atoms with Gasteiger partial charge in [0.15, 0.2) is 17.5 Å². The molecule has 12 rings (SSSR count). The molecule has 0 N–H and O–H groups in total.